The number of aryl methyl sites for hydroxylation is 2. The minimum atomic E-state index is 0.476. The molecule has 0 fully saturated rings. The summed E-state index contributed by atoms with van der Waals surface area (Å²) in [5, 5.41) is 18.5. The molecule has 0 unspecified atom stereocenters. The lowest BCUT2D eigenvalue weighted by molar-refractivity contribution is 0.0118. The van der Waals surface area contributed by atoms with Gasteiger partial charge in [-0.05, 0) is 55.7 Å². The summed E-state index contributed by atoms with van der Waals surface area (Å²) >= 11 is 0. The summed E-state index contributed by atoms with van der Waals surface area (Å²) in [6.45, 7) is 11.1. The van der Waals surface area contributed by atoms with Crippen molar-refractivity contribution in [1.29, 1.82) is 5.26 Å². The van der Waals surface area contributed by atoms with Gasteiger partial charge < -0.3 is 19.1 Å². The number of likely N-dealkylation sites (N-methyl/N-ethyl adjacent to an activating group) is 1. The van der Waals surface area contributed by atoms with Crippen LogP contribution in [0.25, 0.3) is 11.1 Å². The predicted molar refractivity (Wildman–Crippen MR) is 173 cm³/mol. The lowest BCUT2D eigenvalue weighted by atomic mass is 10.0. The lowest BCUT2D eigenvalue weighted by Crippen LogP contribution is -2.27. The largest absolute Gasteiger partial charge is 0.377 e. The van der Waals surface area contributed by atoms with Crippen LogP contribution in [0.2, 0.25) is 0 Å². The number of nitriles is 1. The highest BCUT2D eigenvalue weighted by atomic mass is 16.5. The van der Waals surface area contributed by atoms with E-state index in [9.17, 15) is 5.26 Å². The van der Waals surface area contributed by atoms with Gasteiger partial charge in [0.25, 0.3) is 0 Å². The van der Waals surface area contributed by atoms with Crippen molar-refractivity contribution in [3.8, 4) is 6.07 Å². The third kappa shape index (κ3) is 7.29. The Kier molecular flexibility index (Phi) is 10.7. The number of fused-ring (bicyclic) bond motifs is 1. The Morgan fingerprint density at radius 1 is 0.841 bits per heavy atom. The average molecular weight is 591 g/mol. The van der Waals surface area contributed by atoms with Gasteiger partial charge in [0.2, 0.25) is 0 Å². The standard InChI is InChI=1S/C35H38N6O3/c1-4-40(17-18-42-19-20-43-21-22-44-25-28-11-7-5-8-12-28)30-15-16-32(26(2)23-30)37-35-33(29-13-9-6-10-14-29)31(24-36)34-39-38-27(3)41(34)35/h5-16,23H,4,17-22,25H2,1-3H3. The quantitative estimate of drug-likeness (QED) is 0.157. The molecule has 9 heteroatoms. The summed E-state index contributed by atoms with van der Waals surface area (Å²) in [4.78, 5) is 7.36. The maximum Gasteiger partial charge on any atom is 0.181 e. The molecule has 3 aromatic carbocycles. The van der Waals surface area contributed by atoms with Crippen LogP contribution >= 0.6 is 0 Å². The lowest BCUT2D eigenvalue weighted by Gasteiger charge is -2.24. The van der Waals surface area contributed by atoms with Crippen molar-refractivity contribution >= 4 is 28.4 Å². The predicted octanol–water partition coefficient (Wildman–Crippen LogP) is 6.00. The van der Waals surface area contributed by atoms with Gasteiger partial charge in [-0.3, -0.25) is 4.57 Å². The molecule has 4 aromatic rings. The molecule has 0 N–H and O–H groups in total. The number of anilines is 1. The SMILES string of the molecule is CCN(CCOCCOCCOCc1ccccc1)c1ccc(N=C2C(c3ccccc3)=C(C#N)c3nnc(C)n32)c(C)c1. The highest BCUT2D eigenvalue weighted by Crippen LogP contribution is 2.36. The van der Waals surface area contributed by atoms with Crippen molar-refractivity contribution in [3.63, 3.8) is 0 Å². The van der Waals surface area contributed by atoms with Crippen molar-refractivity contribution in [2.75, 3.05) is 51.0 Å². The van der Waals surface area contributed by atoms with Crippen LogP contribution in [0, 0.1) is 25.2 Å². The first kappa shape index (κ1) is 30.8. The normalized spacial score (nSPS) is 13.4. The van der Waals surface area contributed by atoms with Gasteiger partial charge in [-0.15, -0.1) is 10.2 Å². The first-order valence-corrected chi connectivity index (χ1v) is 14.9. The fourth-order valence-corrected chi connectivity index (χ4v) is 5.13. The first-order valence-electron chi connectivity index (χ1n) is 14.9. The molecule has 0 spiro atoms. The van der Waals surface area contributed by atoms with Gasteiger partial charge in [-0.1, -0.05) is 60.7 Å². The Bertz CT molecular complexity index is 1640. The number of aliphatic imine (C=N–C) groups is 1. The number of allylic oxidation sites excluding steroid dienone is 2. The molecule has 44 heavy (non-hydrogen) atoms. The molecule has 1 aliphatic heterocycles. The second kappa shape index (κ2) is 15.2. The number of hydrogen-bond donors (Lipinski definition) is 0. The number of nitrogens with zero attached hydrogens (tertiary/aromatic N) is 6. The van der Waals surface area contributed by atoms with Gasteiger partial charge in [-0.2, -0.15) is 5.26 Å². The topological polar surface area (TPSA) is 97.8 Å². The molecular weight excluding hydrogens is 552 g/mol. The molecule has 5 rings (SSSR count). The van der Waals surface area contributed by atoms with Gasteiger partial charge in [0.05, 0.1) is 45.3 Å². The maximum absolute atomic E-state index is 10.0. The van der Waals surface area contributed by atoms with Crippen LogP contribution in [0.15, 0.2) is 83.9 Å². The minimum absolute atomic E-state index is 0.476. The van der Waals surface area contributed by atoms with E-state index >= 15 is 0 Å². The zero-order valence-electron chi connectivity index (χ0n) is 25.6. The Hall–Kier alpha value is -4.62. The number of aromatic nitrogens is 3. The van der Waals surface area contributed by atoms with E-state index in [4.69, 9.17) is 19.2 Å². The molecule has 2 heterocycles. The monoisotopic (exact) mass is 590 g/mol. The van der Waals surface area contributed by atoms with Crippen molar-refractivity contribution < 1.29 is 14.2 Å². The molecular formula is C35H38N6O3. The summed E-state index contributed by atoms with van der Waals surface area (Å²) in [6, 6.07) is 28.6. The highest BCUT2D eigenvalue weighted by molar-refractivity contribution is 6.35. The molecule has 226 valence electrons. The molecule has 0 bridgehead atoms. The van der Waals surface area contributed by atoms with E-state index in [2.05, 4.69) is 59.3 Å². The second-order valence-electron chi connectivity index (χ2n) is 10.4. The van der Waals surface area contributed by atoms with E-state index < -0.39 is 0 Å². The van der Waals surface area contributed by atoms with Crippen LogP contribution in [0.4, 0.5) is 11.4 Å². The molecule has 1 aromatic heterocycles. The number of ether oxygens (including phenoxy) is 3. The van der Waals surface area contributed by atoms with Crippen LogP contribution in [0.1, 0.15) is 35.3 Å². The Balaban J connectivity index is 1.16. The summed E-state index contributed by atoms with van der Waals surface area (Å²) in [6.07, 6.45) is 0. The Labute approximate surface area is 259 Å². The molecule has 0 amide bonds. The van der Waals surface area contributed by atoms with E-state index in [-0.39, 0.29) is 0 Å². The van der Waals surface area contributed by atoms with Crippen molar-refractivity contribution in [2.45, 2.75) is 27.4 Å². The zero-order valence-corrected chi connectivity index (χ0v) is 25.6. The van der Waals surface area contributed by atoms with Crippen LogP contribution in [0.5, 0.6) is 0 Å². The summed E-state index contributed by atoms with van der Waals surface area (Å²) in [7, 11) is 0. The average Bonchev–Trinajstić information content (AvgIpc) is 3.58. The van der Waals surface area contributed by atoms with Crippen LogP contribution < -0.4 is 4.90 Å². The van der Waals surface area contributed by atoms with Gasteiger partial charge >= 0.3 is 0 Å². The molecule has 0 atom stereocenters. The van der Waals surface area contributed by atoms with E-state index in [0.29, 0.717) is 62.7 Å². The van der Waals surface area contributed by atoms with Crippen molar-refractivity contribution in [2.24, 2.45) is 4.99 Å². The Morgan fingerprint density at radius 3 is 2.20 bits per heavy atom. The van der Waals surface area contributed by atoms with Crippen LogP contribution in [0.3, 0.4) is 0 Å². The van der Waals surface area contributed by atoms with Gasteiger partial charge in [-0.25, -0.2) is 4.99 Å². The molecule has 0 aliphatic carbocycles. The molecule has 0 radical (unpaired) electrons. The summed E-state index contributed by atoms with van der Waals surface area (Å²) < 4.78 is 19.0. The van der Waals surface area contributed by atoms with E-state index in [1.165, 1.54) is 0 Å². The van der Waals surface area contributed by atoms with E-state index in [1.807, 2.05) is 66.1 Å². The van der Waals surface area contributed by atoms with E-state index in [0.717, 1.165) is 46.7 Å². The van der Waals surface area contributed by atoms with E-state index in [1.54, 1.807) is 0 Å². The molecule has 0 saturated heterocycles. The second-order valence-corrected chi connectivity index (χ2v) is 10.4. The van der Waals surface area contributed by atoms with Crippen molar-refractivity contribution in [1.82, 2.24) is 14.8 Å². The molecule has 9 nitrogen and oxygen atoms in total. The van der Waals surface area contributed by atoms with Gasteiger partial charge in [0, 0.05) is 24.4 Å². The fraction of sp³-hybridized carbons (Fsp3) is 0.314. The number of benzene rings is 3. The number of rotatable bonds is 15. The maximum atomic E-state index is 10.0. The fourth-order valence-electron chi connectivity index (χ4n) is 5.13. The van der Waals surface area contributed by atoms with Crippen LogP contribution in [-0.2, 0) is 20.8 Å². The van der Waals surface area contributed by atoms with Gasteiger partial charge in [0.15, 0.2) is 5.82 Å². The minimum Gasteiger partial charge on any atom is -0.377 e. The summed E-state index contributed by atoms with van der Waals surface area (Å²) in [5.41, 5.74) is 6.28. The zero-order chi connectivity index (χ0) is 30.7. The van der Waals surface area contributed by atoms with Gasteiger partial charge in [0.1, 0.15) is 23.3 Å². The summed E-state index contributed by atoms with van der Waals surface area (Å²) in [5.74, 6) is 1.87. The third-order valence-corrected chi connectivity index (χ3v) is 7.42. The first-order chi connectivity index (χ1) is 21.6. The number of hydrogen-bond acceptors (Lipinski definition) is 8. The smallest absolute Gasteiger partial charge is 0.181 e. The Morgan fingerprint density at radius 2 is 1.52 bits per heavy atom. The third-order valence-electron chi connectivity index (χ3n) is 7.42. The molecule has 1 aliphatic rings. The van der Waals surface area contributed by atoms with Crippen LogP contribution in [-0.4, -0.2) is 66.7 Å². The molecule has 0 saturated carbocycles. The highest BCUT2D eigenvalue weighted by Gasteiger charge is 2.32. The van der Waals surface area contributed by atoms with Crippen molar-refractivity contribution in [3.05, 3.63) is 107 Å².